The van der Waals surface area contributed by atoms with Gasteiger partial charge in [-0.15, -0.1) is 0 Å². The maximum absolute atomic E-state index is 11.2. The van der Waals surface area contributed by atoms with Crippen LogP contribution in [0.15, 0.2) is 28.3 Å². The van der Waals surface area contributed by atoms with E-state index >= 15 is 0 Å². The molecule has 0 aliphatic heterocycles. The van der Waals surface area contributed by atoms with Crippen molar-refractivity contribution < 1.29 is 9.53 Å². The van der Waals surface area contributed by atoms with Crippen LogP contribution < -0.4 is 0 Å². The average molecular weight is 288 g/mol. The first-order valence-corrected chi connectivity index (χ1v) is 6.38. The monoisotopic (exact) mass is 290 g/mol. The molecular formula is C10H8O2Te. The zero-order valence-electron chi connectivity index (χ0n) is 7.11. The predicted molar refractivity (Wildman–Crippen MR) is 52.2 cm³/mol. The molecule has 13 heavy (non-hydrogen) atoms. The number of hydrogen-bond acceptors (Lipinski definition) is 2. The van der Waals surface area contributed by atoms with E-state index in [9.17, 15) is 4.79 Å². The van der Waals surface area contributed by atoms with Crippen molar-refractivity contribution in [3.63, 3.8) is 0 Å². The summed E-state index contributed by atoms with van der Waals surface area (Å²) in [5.74, 6) is -0.260. The molecule has 2 aromatic rings. The van der Waals surface area contributed by atoms with Crippen LogP contribution >= 0.6 is 0 Å². The summed E-state index contributed by atoms with van der Waals surface area (Å²) in [6.07, 6.45) is 0. The number of methoxy groups -OCH3 is 1. The van der Waals surface area contributed by atoms with Gasteiger partial charge in [0.2, 0.25) is 0 Å². The van der Waals surface area contributed by atoms with Crippen LogP contribution in [0.3, 0.4) is 0 Å². The molecule has 0 N–H and O–H groups in total. The molecule has 0 saturated heterocycles. The van der Waals surface area contributed by atoms with E-state index < -0.39 is 0 Å². The molecular weight excluding hydrogens is 280 g/mol. The summed E-state index contributed by atoms with van der Waals surface area (Å²) in [4.78, 5) is 11.2. The molecule has 1 heterocycles. The van der Waals surface area contributed by atoms with Gasteiger partial charge in [0, 0.05) is 0 Å². The molecule has 0 unspecified atom stereocenters. The van der Waals surface area contributed by atoms with Crippen molar-refractivity contribution in [1.82, 2.24) is 0 Å². The summed E-state index contributed by atoms with van der Waals surface area (Å²) < 4.78 is 8.26. The van der Waals surface area contributed by atoms with Crippen molar-refractivity contribution in [2.24, 2.45) is 0 Å². The maximum atomic E-state index is 11.2. The number of rotatable bonds is 1. The topological polar surface area (TPSA) is 26.3 Å². The minimum absolute atomic E-state index is 0.114. The van der Waals surface area contributed by atoms with E-state index in [4.69, 9.17) is 0 Å². The van der Waals surface area contributed by atoms with Gasteiger partial charge in [0.1, 0.15) is 0 Å². The van der Waals surface area contributed by atoms with E-state index in [2.05, 4.69) is 14.9 Å². The fraction of sp³-hybridized carbons (Fsp3) is 0.100. The van der Waals surface area contributed by atoms with E-state index in [1.807, 2.05) is 18.2 Å². The zero-order valence-corrected chi connectivity index (χ0v) is 9.44. The van der Waals surface area contributed by atoms with E-state index in [-0.39, 0.29) is 26.4 Å². The van der Waals surface area contributed by atoms with Crippen molar-refractivity contribution in [2.75, 3.05) is 7.11 Å². The predicted octanol–water partition coefficient (Wildman–Crippen LogP) is 1.68. The molecule has 2 rings (SSSR count). The Morgan fingerprint density at radius 2 is 2.23 bits per heavy atom. The summed E-state index contributed by atoms with van der Waals surface area (Å²) in [5, 5.41) is 1.19. The van der Waals surface area contributed by atoms with Gasteiger partial charge in [-0.25, -0.2) is 0 Å². The Bertz CT molecular complexity index is 445. The van der Waals surface area contributed by atoms with Gasteiger partial charge in [0.25, 0.3) is 0 Å². The fourth-order valence-electron chi connectivity index (χ4n) is 1.21. The molecule has 1 aromatic carbocycles. The van der Waals surface area contributed by atoms with Gasteiger partial charge in [-0.2, -0.15) is 0 Å². The normalized spacial score (nSPS) is 10.2. The molecule has 0 spiro atoms. The van der Waals surface area contributed by atoms with Crippen LogP contribution in [-0.4, -0.2) is 33.5 Å². The Balaban J connectivity index is 2.54. The van der Waals surface area contributed by atoms with Crippen LogP contribution in [0.2, 0.25) is 0 Å². The molecule has 3 heteroatoms. The van der Waals surface area contributed by atoms with Crippen molar-refractivity contribution >= 4 is 35.2 Å². The second kappa shape index (κ2) is 3.53. The van der Waals surface area contributed by atoms with Crippen LogP contribution in [0.25, 0.3) is 8.79 Å². The molecule has 0 aliphatic rings. The van der Waals surface area contributed by atoms with E-state index in [0.717, 1.165) is 0 Å². The van der Waals surface area contributed by atoms with Crippen LogP contribution in [0.1, 0.15) is 10.4 Å². The van der Waals surface area contributed by atoms with Gasteiger partial charge >= 0.3 is 85.7 Å². The summed E-state index contributed by atoms with van der Waals surface area (Å²) in [5.41, 5.74) is 0.639. The average Bonchev–Trinajstić information content (AvgIpc) is 2.63. The first kappa shape index (κ1) is 8.80. The standard InChI is InChI=1S/C10H8O2Te/c1-12-10(11)8-2-3-9-7(6-8)4-5-13-9/h2-6H,1H3. The number of esters is 1. The molecule has 2 nitrogen and oxygen atoms in total. The van der Waals surface area contributed by atoms with Gasteiger partial charge in [-0.1, -0.05) is 0 Å². The molecule has 0 aliphatic carbocycles. The van der Waals surface area contributed by atoms with E-state index in [1.54, 1.807) is 0 Å². The number of ether oxygens (including phenoxy) is 1. The zero-order chi connectivity index (χ0) is 9.26. The van der Waals surface area contributed by atoms with Crippen molar-refractivity contribution in [3.8, 4) is 0 Å². The SMILES string of the molecule is COC(=O)c1ccc2[te]ccc2c1. The Morgan fingerprint density at radius 3 is 3.00 bits per heavy atom. The first-order chi connectivity index (χ1) is 6.31. The number of carbonyl (C=O) groups is 1. The Morgan fingerprint density at radius 1 is 1.38 bits per heavy atom. The molecule has 0 saturated carbocycles. The molecule has 0 fully saturated rings. The van der Waals surface area contributed by atoms with Gasteiger partial charge in [-0.05, 0) is 0 Å². The minimum atomic E-state index is -0.260. The second-order valence-electron chi connectivity index (χ2n) is 2.66. The molecule has 1 aromatic heterocycles. The number of hydrogen-bond donors (Lipinski definition) is 0. The number of carbonyl (C=O) groups excluding carboxylic acids is 1. The van der Waals surface area contributed by atoms with Crippen molar-refractivity contribution in [1.29, 1.82) is 0 Å². The van der Waals surface area contributed by atoms with Crippen LogP contribution in [0, 0.1) is 0 Å². The molecule has 66 valence electrons. The summed E-state index contributed by atoms with van der Waals surface area (Å²) in [6.45, 7) is 0. The van der Waals surface area contributed by atoms with Crippen molar-refractivity contribution in [3.05, 3.63) is 33.9 Å². The summed E-state index contributed by atoms with van der Waals surface area (Å²) >= 11 is -0.114. The third-order valence-corrected chi connectivity index (χ3v) is 4.44. The van der Waals surface area contributed by atoms with Crippen molar-refractivity contribution in [2.45, 2.75) is 0 Å². The van der Waals surface area contributed by atoms with Gasteiger partial charge < -0.3 is 0 Å². The van der Waals surface area contributed by atoms with Gasteiger partial charge in [0.05, 0.1) is 0 Å². The Hall–Kier alpha value is -0.780. The molecule has 0 amide bonds. The third-order valence-electron chi connectivity index (χ3n) is 1.87. The molecule has 0 atom stereocenters. The summed E-state index contributed by atoms with van der Waals surface area (Å²) in [7, 11) is 1.40. The quantitative estimate of drug-likeness (QED) is 0.589. The van der Waals surface area contributed by atoms with E-state index in [0.29, 0.717) is 5.56 Å². The molecule has 0 bridgehead atoms. The molecule has 0 radical (unpaired) electrons. The number of benzene rings is 1. The second-order valence-corrected chi connectivity index (χ2v) is 5.37. The van der Waals surface area contributed by atoms with Crippen LogP contribution in [-0.2, 0) is 4.74 Å². The fourth-order valence-corrected chi connectivity index (χ4v) is 3.41. The van der Waals surface area contributed by atoms with Gasteiger partial charge in [-0.3, -0.25) is 0 Å². The van der Waals surface area contributed by atoms with Crippen LogP contribution in [0.4, 0.5) is 0 Å². The Labute approximate surface area is 85.7 Å². The Kier molecular flexibility index (Phi) is 2.39. The van der Waals surface area contributed by atoms with Crippen LogP contribution in [0.5, 0.6) is 0 Å². The van der Waals surface area contributed by atoms with Gasteiger partial charge in [0.15, 0.2) is 0 Å². The first-order valence-electron chi connectivity index (χ1n) is 3.87. The third kappa shape index (κ3) is 1.63. The summed E-state index contributed by atoms with van der Waals surface area (Å²) in [6, 6.07) is 7.85. The van der Waals surface area contributed by atoms with E-state index in [1.165, 1.54) is 15.9 Å². The number of fused-ring (bicyclic) bond motifs is 1.